The van der Waals surface area contributed by atoms with Crippen molar-refractivity contribution in [2.24, 2.45) is 4.99 Å². The molecule has 2 aliphatic heterocycles. The van der Waals surface area contributed by atoms with E-state index in [1.54, 1.807) is 4.90 Å². The monoisotopic (exact) mass is 348 g/mol. The molecule has 2 amide bonds. The molecule has 0 bridgehead atoms. The second kappa shape index (κ2) is 6.16. The van der Waals surface area contributed by atoms with Gasteiger partial charge in [-0.2, -0.15) is 0 Å². The average molecular weight is 349 g/mol. The minimum Gasteiger partial charge on any atom is -0.442 e. The molecule has 4 rings (SSSR count). The topological polar surface area (TPSA) is 75.9 Å². The van der Waals surface area contributed by atoms with Crippen LogP contribution < -0.4 is 10.2 Å². The van der Waals surface area contributed by atoms with Gasteiger partial charge in [0.05, 0.1) is 25.2 Å². The summed E-state index contributed by atoms with van der Waals surface area (Å²) in [6, 6.07) is 7.89. The van der Waals surface area contributed by atoms with Gasteiger partial charge in [-0.1, -0.05) is 0 Å². The summed E-state index contributed by atoms with van der Waals surface area (Å²) in [6.07, 6.45) is 1.17. The molecule has 3 heterocycles. The number of hydrogen-bond donors (Lipinski definition) is 1. The summed E-state index contributed by atoms with van der Waals surface area (Å²) >= 11 is 0. The number of rotatable bonds is 3. The third kappa shape index (κ3) is 2.71. The van der Waals surface area contributed by atoms with Gasteiger partial charge in [-0.05, 0) is 24.3 Å². The Morgan fingerprint density at radius 1 is 1.42 bits per heavy atom. The lowest BCUT2D eigenvalue weighted by Gasteiger charge is -2.13. The van der Waals surface area contributed by atoms with Gasteiger partial charge >= 0.3 is 6.09 Å². The number of ether oxygens (including phenoxy) is 1. The third-order valence-corrected chi connectivity index (χ3v) is 4.12. The van der Waals surface area contributed by atoms with E-state index >= 15 is 0 Å². The number of benzene rings is 1. The number of carbonyl (C=O) groups is 2. The largest absolute Gasteiger partial charge is 0.442 e. The number of carbonyl (C=O) groups excluding carboxylic acids is 2. The molecule has 24 heavy (non-hydrogen) atoms. The molecule has 2 aromatic rings. The lowest BCUT2D eigenvalue weighted by molar-refractivity contribution is -0.119. The third-order valence-electron chi connectivity index (χ3n) is 4.12. The van der Waals surface area contributed by atoms with Crippen molar-refractivity contribution >= 4 is 53.0 Å². The Morgan fingerprint density at radius 3 is 3.04 bits per heavy atom. The molecule has 7 nitrogen and oxygen atoms in total. The van der Waals surface area contributed by atoms with Crippen LogP contribution in [0.3, 0.4) is 0 Å². The zero-order valence-electron chi connectivity index (χ0n) is 13.1. The van der Waals surface area contributed by atoms with Crippen LogP contribution in [-0.4, -0.2) is 42.0 Å². The molecule has 0 unspecified atom stereocenters. The van der Waals surface area contributed by atoms with Crippen LogP contribution in [0.25, 0.3) is 10.9 Å². The van der Waals surface area contributed by atoms with Crippen LogP contribution in [0.4, 0.5) is 16.3 Å². The number of aliphatic imine (C=N–C) groups is 1. The number of hydrogen-bond acceptors (Lipinski definition) is 4. The van der Waals surface area contributed by atoms with Crippen LogP contribution in [0.1, 0.15) is 6.92 Å². The molecule has 0 saturated carbocycles. The highest BCUT2D eigenvalue weighted by atomic mass is 35.5. The van der Waals surface area contributed by atoms with Crippen LogP contribution in [0, 0.1) is 0 Å². The van der Waals surface area contributed by atoms with Crippen molar-refractivity contribution in [3.8, 4) is 0 Å². The number of nitrogens with one attached hydrogen (secondary N) is 1. The summed E-state index contributed by atoms with van der Waals surface area (Å²) in [4.78, 5) is 29.0. The average Bonchev–Trinajstić information content (AvgIpc) is 3.18. The first kappa shape index (κ1) is 16.3. The predicted octanol–water partition coefficient (Wildman–Crippen LogP) is 2.24. The summed E-state index contributed by atoms with van der Waals surface area (Å²) in [5.74, 6) is 0.800. The van der Waals surface area contributed by atoms with Crippen LogP contribution in [0.2, 0.25) is 0 Å². The molecule has 1 fully saturated rings. The zero-order chi connectivity index (χ0) is 16.0. The second-order valence-corrected chi connectivity index (χ2v) is 5.72. The van der Waals surface area contributed by atoms with Crippen LogP contribution in [0.15, 0.2) is 29.3 Å². The number of amides is 2. The van der Waals surface area contributed by atoms with Gasteiger partial charge in [-0.3, -0.25) is 9.69 Å². The molecule has 0 aliphatic carbocycles. The lowest BCUT2D eigenvalue weighted by Crippen LogP contribution is -2.33. The number of fused-ring (bicyclic) bond motifs is 3. The Morgan fingerprint density at radius 2 is 2.25 bits per heavy atom. The highest BCUT2D eigenvalue weighted by molar-refractivity contribution is 5.95. The normalized spacial score (nSPS) is 18.5. The standard InChI is InChI=1S/C16H16N4O3.ClH/c1-10(21)18-8-13-9-20(16(22)23-13)12-2-3-14-11(6-12)7-15-17-4-5-19(14)15;/h2-4,6-7,13H,5,8-9H2,1H3,(H,18,21);1H/t13-;/m0./s1. The first-order valence-electron chi connectivity index (χ1n) is 7.50. The maximum absolute atomic E-state index is 12.1. The van der Waals surface area contributed by atoms with Gasteiger partial charge in [0.2, 0.25) is 5.91 Å². The van der Waals surface area contributed by atoms with E-state index in [4.69, 9.17) is 4.74 Å². The van der Waals surface area contributed by atoms with E-state index in [-0.39, 0.29) is 30.5 Å². The Kier molecular flexibility index (Phi) is 4.19. The van der Waals surface area contributed by atoms with Gasteiger partial charge in [0.25, 0.3) is 0 Å². The Bertz CT molecular complexity index is 845. The number of nitrogens with zero attached hydrogens (tertiary/aromatic N) is 3. The number of anilines is 1. The number of aromatic nitrogens is 1. The summed E-state index contributed by atoms with van der Waals surface area (Å²) in [5, 5.41) is 3.72. The molecule has 1 aromatic carbocycles. The lowest BCUT2D eigenvalue weighted by atomic mass is 10.2. The minimum atomic E-state index is -0.385. The maximum atomic E-state index is 12.1. The van der Waals surface area contributed by atoms with Crippen molar-refractivity contribution in [2.75, 3.05) is 18.0 Å². The van der Waals surface area contributed by atoms with Crippen molar-refractivity contribution in [2.45, 2.75) is 19.6 Å². The summed E-state index contributed by atoms with van der Waals surface area (Å²) in [5.41, 5.74) is 1.89. The second-order valence-electron chi connectivity index (χ2n) is 5.72. The number of halogens is 1. The fourth-order valence-corrected chi connectivity index (χ4v) is 3.02. The van der Waals surface area contributed by atoms with E-state index in [0.717, 1.165) is 29.0 Å². The molecule has 1 atom stereocenters. The molecule has 1 N–H and O–H groups in total. The molecular weight excluding hydrogens is 332 g/mol. The Hall–Kier alpha value is -2.54. The van der Waals surface area contributed by atoms with E-state index in [0.29, 0.717) is 13.1 Å². The van der Waals surface area contributed by atoms with Gasteiger partial charge < -0.3 is 14.6 Å². The van der Waals surface area contributed by atoms with Crippen molar-refractivity contribution in [1.29, 1.82) is 0 Å². The quantitative estimate of drug-likeness (QED) is 0.924. The molecule has 0 spiro atoms. The van der Waals surface area contributed by atoms with Crippen LogP contribution in [-0.2, 0) is 16.1 Å². The van der Waals surface area contributed by atoms with Gasteiger partial charge in [0.1, 0.15) is 11.9 Å². The predicted molar refractivity (Wildman–Crippen MR) is 93.6 cm³/mol. The minimum absolute atomic E-state index is 0. The summed E-state index contributed by atoms with van der Waals surface area (Å²) in [6.45, 7) is 2.98. The van der Waals surface area contributed by atoms with Crippen LogP contribution in [0.5, 0.6) is 0 Å². The first-order valence-corrected chi connectivity index (χ1v) is 7.50. The Labute approximate surface area is 144 Å². The van der Waals surface area contributed by atoms with Crippen molar-refractivity contribution in [3.63, 3.8) is 0 Å². The van der Waals surface area contributed by atoms with E-state index in [2.05, 4.69) is 14.9 Å². The molecule has 1 saturated heterocycles. The fourth-order valence-electron chi connectivity index (χ4n) is 3.02. The van der Waals surface area contributed by atoms with E-state index in [9.17, 15) is 9.59 Å². The maximum Gasteiger partial charge on any atom is 0.414 e. The SMILES string of the molecule is CC(=O)NC[C@H]1CN(c2ccc3c(c2)cc2n3CC=N2)C(=O)O1.Cl. The molecule has 126 valence electrons. The molecule has 1 aromatic heterocycles. The first-order chi connectivity index (χ1) is 11.1. The van der Waals surface area contributed by atoms with Crippen molar-refractivity contribution < 1.29 is 14.3 Å². The smallest absolute Gasteiger partial charge is 0.414 e. The van der Waals surface area contributed by atoms with Gasteiger partial charge in [-0.25, -0.2) is 9.79 Å². The number of cyclic esters (lactones) is 1. The van der Waals surface area contributed by atoms with Crippen molar-refractivity contribution in [1.82, 2.24) is 9.88 Å². The Balaban J connectivity index is 0.00000169. The van der Waals surface area contributed by atoms with Gasteiger partial charge in [0.15, 0.2) is 0 Å². The van der Waals surface area contributed by atoms with E-state index in [1.807, 2.05) is 30.5 Å². The fraction of sp³-hybridized carbons (Fsp3) is 0.312. The van der Waals surface area contributed by atoms with Crippen molar-refractivity contribution in [3.05, 3.63) is 24.3 Å². The van der Waals surface area contributed by atoms with Crippen LogP contribution >= 0.6 is 12.4 Å². The molecule has 0 radical (unpaired) electrons. The molecular formula is C16H17ClN4O3. The molecule has 2 aliphatic rings. The van der Waals surface area contributed by atoms with Gasteiger partial charge in [-0.15, -0.1) is 12.4 Å². The van der Waals surface area contributed by atoms with Gasteiger partial charge in [0, 0.05) is 24.2 Å². The highest BCUT2D eigenvalue weighted by Gasteiger charge is 2.32. The van der Waals surface area contributed by atoms with E-state index in [1.165, 1.54) is 6.92 Å². The summed E-state index contributed by atoms with van der Waals surface area (Å²) < 4.78 is 7.42. The zero-order valence-corrected chi connectivity index (χ0v) is 13.9. The van der Waals surface area contributed by atoms with E-state index < -0.39 is 0 Å². The summed E-state index contributed by atoms with van der Waals surface area (Å²) in [7, 11) is 0. The highest BCUT2D eigenvalue weighted by Crippen LogP contribution is 2.32. The molecule has 8 heteroatoms.